The maximum Gasteiger partial charge on any atom is 0.198 e. The third kappa shape index (κ3) is 3.24. The van der Waals surface area contributed by atoms with Crippen LogP contribution in [0.1, 0.15) is 24.5 Å². The van der Waals surface area contributed by atoms with Gasteiger partial charge in [0, 0.05) is 37.3 Å². The molecule has 2 aromatic rings. The van der Waals surface area contributed by atoms with Crippen LogP contribution in [-0.4, -0.2) is 15.9 Å². The van der Waals surface area contributed by atoms with Crippen LogP contribution in [0.25, 0.3) is 0 Å². The van der Waals surface area contributed by atoms with Crippen molar-refractivity contribution in [3.05, 3.63) is 57.2 Å². The molecular weight excluding hydrogens is 502 g/mol. The molecule has 1 aliphatic rings. The van der Waals surface area contributed by atoms with Gasteiger partial charge in [0.2, 0.25) is 0 Å². The normalized spacial score (nSPS) is 20.0. The summed E-state index contributed by atoms with van der Waals surface area (Å²) in [4.78, 5) is 4.92. The lowest BCUT2D eigenvalue weighted by atomic mass is 9.98. The molecule has 114 valence electrons. The first-order valence-electron chi connectivity index (χ1n) is 7.01. The van der Waals surface area contributed by atoms with Crippen LogP contribution in [0.3, 0.4) is 0 Å². The lowest BCUT2D eigenvalue weighted by molar-refractivity contribution is 0.0924. The van der Waals surface area contributed by atoms with Crippen LogP contribution in [0.4, 0.5) is 5.69 Å². The second kappa shape index (κ2) is 6.35. The molecule has 1 aliphatic heterocycles. The van der Waals surface area contributed by atoms with Crippen molar-refractivity contribution in [1.82, 2.24) is 0 Å². The van der Waals surface area contributed by atoms with E-state index in [1.165, 1.54) is 3.57 Å². The molecule has 0 saturated carbocycles. The van der Waals surface area contributed by atoms with Gasteiger partial charge in [0.1, 0.15) is 5.75 Å². The molecule has 5 heteroatoms. The Labute approximate surface area is 157 Å². The van der Waals surface area contributed by atoms with Crippen LogP contribution < -0.4 is 10.5 Å². The zero-order chi connectivity index (χ0) is 15.7. The maximum absolute atomic E-state index is 6.14. The van der Waals surface area contributed by atoms with Gasteiger partial charge in [0.05, 0.1) is 5.71 Å². The summed E-state index contributed by atoms with van der Waals surface area (Å²) in [5.74, 6) is 0.816. The van der Waals surface area contributed by atoms with Gasteiger partial charge in [-0.2, -0.15) is 0 Å². The quantitative estimate of drug-likeness (QED) is 0.366. The average Bonchev–Trinajstić information content (AvgIpc) is 2.46. The lowest BCUT2D eigenvalue weighted by Gasteiger charge is -2.33. The smallest absolute Gasteiger partial charge is 0.198 e. The number of fused-ring (bicyclic) bond motifs is 1. The van der Waals surface area contributed by atoms with Gasteiger partial charge in [-0.1, -0.05) is 34.7 Å². The van der Waals surface area contributed by atoms with Crippen molar-refractivity contribution in [2.24, 2.45) is 4.99 Å². The molecule has 3 rings (SSSR count). The van der Waals surface area contributed by atoms with Gasteiger partial charge in [0.25, 0.3) is 0 Å². The molecule has 0 amide bonds. The van der Waals surface area contributed by atoms with E-state index in [1.54, 1.807) is 0 Å². The summed E-state index contributed by atoms with van der Waals surface area (Å²) in [5, 5.41) is 0. The minimum atomic E-state index is -0.541. The Morgan fingerprint density at radius 1 is 1.18 bits per heavy atom. The highest BCUT2D eigenvalue weighted by Gasteiger charge is 2.32. The summed E-state index contributed by atoms with van der Waals surface area (Å²) in [5.41, 5.74) is 9.18. The Hall–Kier alpha value is -0.830. The van der Waals surface area contributed by atoms with Gasteiger partial charge in [0.15, 0.2) is 5.72 Å². The first-order chi connectivity index (χ1) is 10.5. The van der Waals surface area contributed by atoms with E-state index in [-0.39, 0.29) is 0 Å². The predicted octanol–water partition coefficient (Wildman–Crippen LogP) is 4.64. The standard InChI is InChI=1S/C17H16I2N2O/c1-17(8-9-18)21-16(11-2-4-12(19)5-3-11)14-7-6-13(20)10-15(14)22-17/h2-7,10H,8-9,20H2,1H3. The molecule has 1 heterocycles. The summed E-state index contributed by atoms with van der Waals surface area (Å²) in [6, 6.07) is 14.2. The van der Waals surface area contributed by atoms with Crippen LogP contribution in [0, 0.1) is 3.57 Å². The van der Waals surface area contributed by atoms with Crippen LogP contribution in [0.15, 0.2) is 47.5 Å². The van der Waals surface area contributed by atoms with E-state index >= 15 is 0 Å². The fourth-order valence-corrected chi connectivity index (χ4v) is 3.85. The van der Waals surface area contributed by atoms with Gasteiger partial charge in [-0.05, 0) is 53.8 Å². The Balaban J connectivity index is 2.15. The zero-order valence-electron chi connectivity index (χ0n) is 12.1. The summed E-state index contributed by atoms with van der Waals surface area (Å²) in [6.45, 7) is 2.03. The second-order valence-electron chi connectivity index (χ2n) is 5.44. The number of ether oxygens (including phenoxy) is 1. The van der Waals surface area contributed by atoms with E-state index in [4.69, 9.17) is 15.5 Å². The summed E-state index contributed by atoms with van der Waals surface area (Å²) >= 11 is 4.67. The highest BCUT2D eigenvalue weighted by atomic mass is 127. The Morgan fingerprint density at radius 2 is 1.91 bits per heavy atom. The molecule has 0 bridgehead atoms. The van der Waals surface area contributed by atoms with Crippen LogP contribution in [0.2, 0.25) is 0 Å². The van der Waals surface area contributed by atoms with Crippen LogP contribution in [0.5, 0.6) is 5.75 Å². The summed E-state index contributed by atoms with van der Waals surface area (Å²) in [6.07, 6.45) is 0.857. The van der Waals surface area contributed by atoms with E-state index in [1.807, 2.05) is 25.1 Å². The molecule has 1 unspecified atom stereocenters. The highest BCUT2D eigenvalue weighted by molar-refractivity contribution is 14.1. The third-order valence-corrected chi connectivity index (χ3v) is 4.87. The number of hydrogen-bond acceptors (Lipinski definition) is 3. The number of anilines is 1. The fraction of sp³-hybridized carbons (Fsp3) is 0.235. The number of aliphatic imine (C=N–C) groups is 1. The van der Waals surface area contributed by atoms with Crippen molar-refractivity contribution >= 4 is 56.6 Å². The molecule has 0 radical (unpaired) electrons. The summed E-state index contributed by atoms with van der Waals surface area (Å²) in [7, 11) is 0. The Morgan fingerprint density at radius 3 is 2.59 bits per heavy atom. The van der Waals surface area contributed by atoms with Crippen LogP contribution >= 0.6 is 45.2 Å². The number of hydrogen-bond donors (Lipinski definition) is 1. The largest absolute Gasteiger partial charge is 0.466 e. The highest BCUT2D eigenvalue weighted by Crippen LogP contribution is 2.35. The van der Waals surface area contributed by atoms with Crippen molar-refractivity contribution in [1.29, 1.82) is 0 Å². The van der Waals surface area contributed by atoms with Crippen molar-refractivity contribution < 1.29 is 4.74 Å². The average molecular weight is 518 g/mol. The maximum atomic E-state index is 6.14. The Kier molecular flexibility index (Phi) is 4.63. The van der Waals surface area contributed by atoms with E-state index in [2.05, 4.69) is 69.4 Å². The zero-order valence-corrected chi connectivity index (χ0v) is 16.5. The monoisotopic (exact) mass is 518 g/mol. The second-order valence-corrected chi connectivity index (χ2v) is 7.76. The van der Waals surface area contributed by atoms with Crippen LogP contribution in [-0.2, 0) is 0 Å². The fourth-order valence-electron chi connectivity index (χ4n) is 2.49. The SMILES string of the molecule is CC1(CCI)N=C(c2ccc(I)cc2)c2ccc(N)cc2O1. The minimum Gasteiger partial charge on any atom is -0.466 e. The van der Waals surface area contributed by atoms with Crippen molar-refractivity contribution in [2.45, 2.75) is 19.1 Å². The van der Waals surface area contributed by atoms with E-state index < -0.39 is 5.72 Å². The van der Waals surface area contributed by atoms with Crippen molar-refractivity contribution in [3.63, 3.8) is 0 Å². The number of halogens is 2. The molecule has 0 aliphatic carbocycles. The lowest BCUT2D eigenvalue weighted by Crippen LogP contribution is -2.36. The molecule has 1 atom stereocenters. The third-order valence-electron chi connectivity index (χ3n) is 3.61. The molecule has 0 fully saturated rings. The molecule has 22 heavy (non-hydrogen) atoms. The minimum absolute atomic E-state index is 0.541. The van der Waals surface area contributed by atoms with Crippen molar-refractivity contribution in [2.75, 3.05) is 10.2 Å². The molecule has 2 aromatic carbocycles. The first-order valence-corrected chi connectivity index (χ1v) is 9.62. The molecule has 0 aromatic heterocycles. The Bertz CT molecular complexity index is 728. The number of nitrogens with zero attached hydrogens (tertiary/aromatic N) is 1. The van der Waals surface area contributed by atoms with E-state index in [0.717, 1.165) is 33.4 Å². The number of nitrogen functional groups attached to an aromatic ring is 1. The number of nitrogens with two attached hydrogens (primary N) is 1. The molecule has 0 saturated heterocycles. The van der Waals surface area contributed by atoms with E-state index in [9.17, 15) is 0 Å². The molecular formula is C17H16I2N2O. The van der Waals surface area contributed by atoms with Crippen molar-refractivity contribution in [3.8, 4) is 5.75 Å². The topological polar surface area (TPSA) is 47.6 Å². The van der Waals surface area contributed by atoms with Gasteiger partial charge >= 0.3 is 0 Å². The van der Waals surface area contributed by atoms with Gasteiger partial charge in [-0.3, -0.25) is 0 Å². The molecule has 0 spiro atoms. The van der Waals surface area contributed by atoms with E-state index in [0.29, 0.717) is 5.69 Å². The van der Waals surface area contributed by atoms with Gasteiger partial charge in [-0.25, -0.2) is 4.99 Å². The molecule has 3 nitrogen and oxygen atoms in total. The first kappa shape index (κ1) is 16.0. The number of alkyl halides is 1. The molecule has 2 N–H and O–H groups in total. The predicted molar refractivity (Wildman–Crippen MR) is 108 cm³/mol. The van der Waals surface area contributed by atoms with Gasteiger partial charge < -0.3 is 10.5 Å². The number of rotatable bonds is 3. The number of benzene rings is 2. The summed E-state index contributed by atoms with van der Waals surface area (Å²) < 4.78 is 8.33. The van der Waals surface area contributed by atoms with Gasteiger partial charge in [-0.15, -0.1) is 0 Å².